The molecule has 1 aromatic heterocycles. The molecule has 2 aliphatic heterocycles. The Morgan fingerprint density at radius 1 is 1.11 bits per heavy atom. The van der Waals surface area contributed by atoms with Gasteiger partial charge in [0.15, 0.2) is 11.8 Å². The van der Waals surface area contributed by atoms with Crippen LogP contribution in [0, 0.1) is 0 Å². The molecule has 0 aromatic carbocycles. The second-order valence-electron chi connectivity index (χ2n) is 8.70. The van der Waals surface area contributed by atoms with E-state index < -0.39 is 52.5 Å². The summed E-state index contributed by atoms with van der Waals surface area (Å²) >= 11 is 1.27. The summed E-state index contributed by atoms with van der Waals surface area (Å²) in [4.78, 5) is 47.8. The number of carboxylic acids is 2. The Kier molecular flexibility index (Phi) is 8.38. The molecule has 0 aliphatic carbocycles. The van der Waals surface area contributed by atoms with Gasteiger partial charge in [0.05, 0.1) is 12.1 Å². The molecule has 35 heavy (non-hydrogen) atoms. The first-order valence-electron chi connectivity index (χ1n) is 11.3. The molecule has 2 aliphatic rings. The molecule has 1 unspecified atom stereocenters. The van der Waals surface area contributed by atoms with Gasteiger partial charge in [0.1, 0.15) is 10.8 Å². The molecule has 13 nitrogen and oxygen atoms in total. The van der Waals surface area contributed by atoms with Gasteiger partial charge in [-0.1, -0.05) is 6.42 Å². The highest BCUT2D eigenvalue weighted by Gasteiger charge is 2.58. The first-order chi connectivity index (χ1) is 16.6. The number of carbonyl (C=O) groups excluding carboxylic acids is 2. The van der Waals surface area contributed by atoms with E-state index in [1.54, 1.807) is 0 Å². The van der Waals surface area contributed by atoms with Gasteiger partial charge in [0.25, 0.3) is 5.91 Å². The molecule has 2 saturated heterocycles. The average Bonchev–Trinajstić information content (AvgIpc) is 3.44. The van der Waals surface area contributed by atoms with Crippen LogP contribution in [-0.2, 0) is 14.4 Å². The van der Waals surface area contributed by atoms with Crippen molar-refractivity contribution in [1.82, 2.24) is 20.3 Å². The van der Waals surface area contributed by atoms with Crippen molar-refractivity contribution in [2.24, 2.45) is 0 Å². The fourth-order valence-corrected chi connectivity index (χ4v) is 6.35. The molecule has 14 heteroatoms. The summed E-state index contributed by atoms with van der Waals surface area (Å²) in [5, 5.41) is 54.8. The molecule has 2 fully saturated rings. The molecule has 3 amide bonds. The third kappa shape index (κ3) is 5.75. The lowest BCUT2D eigenvalue weighted by atomic mass is 9.88. The van der Waals surface area contributed by atoms with E-state index in [0.29, 0.717) is 30.1 Å². The first-order valence-corrected chi connectivity index (χ1v) is 12.3. The summed E-state index contributed by atoms with van der Waals surface area (Å²) in [6, 6.07) is -0.323. The predicted molar refractivity (Wildman–Crippen MR) is 122 cm³/mol. The van der Waals surface area contributed by atoms with Crippen molar-refractivity contribution in [2.75, 3.05) is 12.3 Å². The number of carboxylic acid groups (broad SMARTS) is 2. The number of hydrogen-bond donors (Lipinski definition) is 7. The second-order valence-corrected chi connectivity index (χ2v) is 10.1. The Hall–Kier alpha value is -3.13. The lowest BCUT2D eigenvalue weighted by Gasteiger charge is -2.35. The van der Waals surface area contributed by atoms with Crippen LogP contribution in [0.25, 0.3) is 0 Å². The first kappa shape index (κ1) is 26.5. The van der Waals surface area contributed by atoms with E-state index in [1.807, 2.05) is 0 Å². The number of carbonyl (C=O) groups is 4. The highest BCUT2D eigenvalue weighted by molar-refractivity contribution is 8.01. The number of rotatable bonds is 13. The molecule has 0 bridgehead atoms. The monoisotopic (exact) mass is 514 g/mol. The van der Waals surface area contributed by atoms with Crippen LogP contribution in [0.5, 0.6) is 11.8 Å². The number of urea groups is 1. The molecule has 0 saturated carbocycles. The summed E-state index contributed by atoms with van der Waals surface area (Å²) in [5.74, 6) is -3.20. The van der Waals surface area contributed by atoms with Gasteiger partial charge in [-0.05, 0) is 32.1 Å². The van der Waals surface area contributed by atoms with E-state index in [1.165, 1.54) is 23.9 Å². The zero-order valence-corrected chi connectivity index (χ0v) is 19.7. The van der Waals surface area contributed by atoms with Gasteiger partial charge in [0, 0.05) is 30.9 Å². The van der Waals surface area contributed by atoms with Crippen molar-refractivity contribution in [3.05, 3.63) is 12.1 Å². The quantitative estimate of drug-likeness (QED) is 0.0864. The van der Waals surface area contributed by atoms with Crippen LogP contribution in [0.3, 0.4) is 0 Å². The number of aromatic hydroxyl groups is 2. The highest BCUT2D eigenvalue weighted by atomic mass is 32.2. The van der Waals surface area contributed by atoms with Crippen LogP contribution in [0.15, 0.2) is 12.1 Å². The van der Waals surface area contributed by atoms with Gasteiger partial charge in [0.2, 0.25) is 0 Å². The molecular formula is C21H30N4O9S. The fraction of sp³-hybridized carbons (Fsp3) is 0.619. The summed E-state index contributed by atoms with van der Waals surface area (Å²) in [5.41, 5.74) is 0. The number of hydrogen-bond acceptors (Lipinski definition) is 8. The van der Waals surface area contributed by atoms with Gasteiger partial charge in [-0.2, -0.15) is 0 Å². The molecule has 0 radical (unpaired) electrons. The van der Waals surface area contributed by atoms with E-state index in [-0.39, 0.29) is 38.3 Å². The normalized spacial score (nSPS) is 23.9. The maximum atomic E-state index is 13.4. The third-order valence-corrected chi connectivity index (χ3v) is 8.06. The second kappa shape index (κ2) is 11.1. The molecule has 194 valence electrons. The van der Waals surface area contributed by atoms with Crippen molar-refractivity contribution in [2.45, 2.75) is 67.8 Å². The van der Waals surface area contributed by atoms with E-state index in [9.17, 15) is 39.7 Å². The standard InChI is InChI=1S/C21H30N4O9S/c26-14-7-8-15(27)25(14)13(18(30)31)5-4-9-21(17-12(11-35-21)22-20(33)23-17)19(32)24(34)10-3-1-2-6-16(28)29/h7-8,12-13,17,26-27,34H,1-6,9-11H2,(H,28,29)(H,30,31)(H2,22,23,33)/t12-,13?,17-,21-/m0/s1. The number of amides is 3. The summed E-state index contributed by atoms with van der Waals surface area (Å²) in [6.07, 6.45) is 1.59. The number of nitrogens with one attached hydrogen (secondary N) is 2. The molecule has 3 heterocycles. The zero-order chi connectivity index (χ0) is 25.8. The minimum absolute atomic E-state index is 0.00212. The lowest BCUT2D eigenvalue weighted by Crippen LogP contribution is -2.56. The molecule has 1 aromatic rings. The summed E-state index contributed by atoms with van der Waals surface area (Å²) < 4.78 is -0.362. The molecule has 4 atom stereocenters. The van der Waals surface area contributed by atoms with Crippen molar-refractivity contribution >= 4 is 35.6 Å². The maximum absolute atomic E-state index is 13.4. The molecule has 0 spiro atoms. The van der Waals surface area contributed by atoms with Crippen LogP contribution in [0.4, 0.5) is 4.79 Å². The van der Waals surface area contributed by atoms with Crippen LogP contribution < -0.4 is 10.6 Å². The molecule has 7 N–H and O–H groups in total. The Morgan fingerprint density at radius 2 is 1.80 bits per heavy atom. The third-order valence-electron chi connectivity index (χ3n) is 6.38. The van der Waals surface area contributed by atoms with E-state index in [4.69, 9.17) is 5.11 Å². The van der Waals surface area contributed by atoms with Gasteiger partial charge >= 0.3 is 18.0 Å². The summed E-state index contributed by atoms with van der Waals surface area (Å²) in [6.45, 7) is -0.0115. The fourth-order valence-electron chi connectivity index (χ4n) is 4.67. The number of thioether (sulfide) groups is 1. The van der Waals surface area contributed by atoms with Gasteiger partial charge in [-0.25, -0.2) is 14.7 Å². The predicted octanol–water partition coefficient (Wildman–Crippen LogP) is 1.09. The smallest absolute Gasteiger partial charge is 0.326 e. The Morgan fingerprint density at radius 3 is 2.43 bits per heavy atom. The van der Waals surface area contributed by atoms with Gasteiger partial charge < -0.3 is 31.1 Å². The molecule has 3 rings (SSSR count). The van der Waals surface area contributed by atoms with Crippen LogP contribution in [-0.4, -0.2) is 88.3 Å². The minimum Gasteiger partial charge on any atom is -0.494 e. The zero-order valence-electron chi connectivity index (χ0n) is 18.9. The number of aliphatic carboxylic acids is 2. The van der Waals surface area contributed by atoms with E-state index in [2.05, 4.69) is 10.6 Å². The van der Waals surface area contributed by atoms with Crippen molar-refractivity contribution < 1.29 is 44.8 Å². The number of nitrogens with zero attached hydrogens (tertiary/aromatic N) is 2. The average molecular weight is 515 g/mol. The van der Waals surface area contributed by atoms with Crippen LogP contribution in [0.2, 0.25) is 0 Å². The number of unbranched alkanes of at least 4 members (excludes halogenated alkanes) is 2. The molecular weight excluding hydrogens is 484 g/mol. The van der Waals surface area contributed by atoms with Gasteiger partial charge in [-0.3, -0.25) is 19.4 Å². The van der Waals surface area contributed by atoms with Crippen LogP contribution >= 0.6 is 11.8 Å². The largest absolute Gasteiger partial charge is 0.494 e. The lowest BCUT2D eigenvalue weighted by molar-refractivity contribution is -0.169. The number of hydroxylamine groups is 2. The highest BCUT2D eigenvalue weighted by Crippen LogP contribution is 2.46. The van der Waals surface area contributed by atoms with Crippen molar-refractivity contribution in [3.8, 4) is 11.8 Å². The Bertz CT molecular complexity index is 951. The minimum atomic E-state index is -1.28. The van der Waals surface area contributed by atoms with Crippen LogP contribution in [0.1, 0.15) is 51.0 Å². The van der Waals surface area contributed by atoms with E-state index in [0.717, 1.165) is 4.57 Å². The van der Waals surface area contributed by atoms with E-state index >= 15 is 0 Å². The van der Waals surface area contributed by atoms with Gasteiger partial charge in [-0.15, -0.1) is 11.8 Å². The topological polar surface area (TPSA) is 202 Å². The van der Waals surface area contributed by atoms with Crippen molar-refractivity contribution in [3.63, 3.8) is 0 Å². The number of aromatic nitrogens is 1. The van der Waals surface area contributed by atoms with Crippen molar-refractivity contribution in [1.29, 1.82) is 0 Å². The maximum Gasteiger partial charge on any atom is 0.326 e. The number of fused-ring (bicyclic) bond motifs is 1. The Labute approximate surface area is 205 Å². The SMILES string of the molecule is O=C(O)CCCCCN(O)C(=O)[C@@]1(CCCC(C(=O)O)n2c(O)ccc2O)SC[C@@H]2NC(=O)N[C@@H]21. The Balaban J connectivity index is 1.70. The summed E-state index contributed by atoms with van der Waals surface area (Å²) in [7, 11) is 0.